The molecule has 0 fully saturated rings. The molecule has 0 saturated carbocycles. The van der Waals surface area contributed by atoms with Crippen molar-refractivity contribution >= 4 is 11.5 Å². The van der Waals surface area contributed by atoms with Crippen LogP contribution < -0.4 is 10.3 Å². The molecule has 1 heterocycles. The monoisotopic (exact) mass is 306 g/mol. The summed E-state index contributed by atoms with van der Waals surface area (Å²) in [6, 6.07) is 5.69. The van der Waals surface area contributed by atoms with Gasteiger partial charge in [0.2, 0.25) is 0 Å². The SMILES string of the molecule is COc1ccc(C(=O)Cn2cc([N+](=O)[O-])ccc2=O)cc1F. The Hall–Kier alpha value is -3.03. The molecule has 0 unspecified atom stereocenters. The van der Waals surface area contributed by atoms with Crippen molar-refractivity contribution in [2.24, 2.45) is 0 Å². The number of Topliss-reactive ketones (excluding diaryl/α,β-unsaturated/α-hetero) is 1. The van der Waals surface area contributed by atoms with E-state index in [1.807, 2.05) is 0 Å². The van der Waals surface area contributed by atoms with Gasteiger partial charge in [-0.3, -0.25) is 19.7 Å². The summed E-state index contributed by atoms with van der Waals surface area (Å²) in [7, 11) is 1.29. The fraction of sp³-hybridized carbons (Fsp3) is 0.143. The van der Waals surface area contributed by atoms with E-state index in [0.717, 1.165) is 29.0 Å². The van der Waals surface area contributed by atoms with E-state index in [1.54, 1.807) is 0 Å². The lowest BCUT2D eigenvalue weighted by Gasteiger charge is -2.06. The molecule has 2 rings (SSSR count). The zero-order valence-electron chi connectivity index (χ0n) is 11.5. The van der Waals surface area contributed by atoms with Crippen molar-refractivity contribution in [3.05, 3.63) is 68.4 Å². The molecule has 0 amide bonds. The van der Waals surface area contributed by atoms with Crippen LogP contribution in [0.3, 0.4) is 0 Å². The second-order valence-corrected chi connectivity index (χ2v) is 4.38. The molecule has 8 heteroatoms. The number of carbonyl (C=O) groups is 1. The number of hydrogen-bond donors (Lipinski definition) is 0. The predicted octanol–water partition coefficient (Wildman–Crippen LogP) is 1.79. The fourth-order valence-corrected chi connectivity index (χ4v) is 1.84. The van der Waals surface area contributed by atoms with Gasteiger partial charge in [-0.1, -0.05) is 0 Å². The average molecular weight is 306 g/mol. The highest BCUT2D eigenvalue weighted by Crippen LogP contribution is 2.18. The summed E-state index contributed by atoms with van der Waals surface area (Å²) in [5.74, 6) is -1.27. The van der Waals surface area contributed by atoms with E-state index in [9.17, 15) is 24.1 Å². The highest BCUT2D eigenvalue weighted by atomic mass is 19.1. The van der Waals surface area contributed by atoms with Gasteiger partial charge in [-0.15, -0.1) is 0 Å². The summed E-state index contributed by atoms with van der Waals surface area (Å²) in [4.78, 5) is 33.7. The molecular weight excluding hydrogens is 295 g/mol. The van der Waals surface area contributed by atoms with Crippen LogP contribution >= 0.6 is 0 Å². The average Bonchev–Trinajstić information content (AvgIpc) is 2.49. The number of hydrogen-bond acceptors (Lipinski definition) is 5. The summed E-state index contributed by atoms with van der Waals surface area (Å²) in [5.41, 5.74) is -0.835. The molecule has 1 aromatic heterocycles. The molecule has 0 saturated heterocycles. The number of nitrogens with zero attached hydrogens (tertiary/aromatic N) is 2. The smallest absolute Gasteiger partial charge is 0.285 e. The third-order valence-electron chi connectivity index (χ3n) is 2.97. The van der Waals surface area contributed by atoms with Gasteiger partial charge < -0.3 is 9.30 Å². The minimum Gasteiger partial charge on any atom is -0.494 e. The molecule has 0 radical (unpaired) electrons. The highest BCUT2D eigenvalue weighted by Gasteiger charge is 2.14. The van der Waals surface area contributed by atoms with E-state index in [2.05, 4.69) is 0 Å². The van der Waals surface area contributed by atoms with Crippen molar-refractivity contribution in [2.75, 3.05) is 7.11 Å². The molecule has 0 aliphatic rings. The van der Waals surface area contributed by atoms with Gasteiger partial charge in [-0.05, 0) is 18.2 Å². The second-order valence-electron chi connectivity index (χ2n) is 4.38. The molecule has 0 aliphatic heterocycles. The Morgan fingerprint density at radius 3 is 2.68 bits per heavy atom. The van der Waals surface area contributed by atoms with Crippen LogP contribution in [0.5, 0.6) is 5.75 Å². The number of methoxy groups -OCH3 is 1. The van der Waals surface area contributed by atoms with Crippen LogP contribution in [0.15, 0.2) is 41.3 Å². The van der Waals surface area contributed by atoms with Gasteiger partial charge in [-0.25, -0.2) is 4.39 Å². The van der Waals surface area contributed by atoms with E-state index in [4.69, 9.17) is 4.74 Å². The molecule has 0 aliphatic carbocycles. The lowest BCUT2D eigenvalue weighted by Crippen LogP contribution is -2.23. The van der Waals surface area contributed by atoms with Crippen LogP contribution in [0.4, 0.5) is 10.1 Å². The van der Waals surface area contributed by atoms with Crippen molar-refractivity contribution < 1.29 is 18.8 Å². The maximum Gasteiger partial charge on any atom is 0.285 e. The molecule has 0 atom stereocenters. The van der Waals surface area contributed by atoms with Gasteiger partial charge >= 0.3 is 0 Å². The Bertz CT molecular complexity index is 800. The molecular formula is C14H11FN2O5. The zero-order valence-corrected chi connectivity index (χ0v) is 11.5. The molecule has 0 spiro atoms. The van der Waals surface area contributed by atoms with Gasteiger partial charge in [0.15, 0.2) is 17.3 Å². The van der Waals surface area contributed by atoms with Crippen molar-refractivity contribution in [1.29, 1.82) is 0 Å². The number of ether oxygens (including phenoxy) is 1. The van der Waals surface area contributed by atoms with Gasteiger partial charge in [0.1, 0.15) is 0 Å². The normalized spacial score (nSPS) is 10.3. The van der Waals surface area contributed by atoms with Gasteiger partial charge in [0.25, 0.3) is 11.2 Å². The van der Waals surface area contributed by atoms with Crippen LogP contribution in [0.25, 0.3) is 0 Å². The van der Waals surface area contributed by atoms with E-state index >= 15 is 0 Å². The number of nitro groups is 1. The van der Waals surface area contributed by atoms with Crippen molar-refractivity contribution in [1.82, 2.24) is 4.57 Å². The van der Waals surface area contributed by atoms with Crippen molar-refractivity contribution in [3.8, 4) is 5.75 Å². The quantitative estimate of drug-likeness (QED) is 0.477. The first-order chi connectivity index (χ1) is 10.4. The third kappa shape index (κ3) is 3.17. The highest BCUT2D eigenvalue weighted by molar-refractivity contribution is 5.96. The van der Waals surface area contributed by atoms with Gasteiger partial charge in [-0.2, -0.15) is 0 Å². The van der Waals surface area contributed by atoms with E-state index in [0.29, 0.717) is 0 Å². The molecule has 7 nitrogen and oxygen atoms in total. The molecule has 1 aromatic carbocycles. The van der Waals surface area contributed by atoms with Crippen molar-refractivity contribution in [2.45, 2.75) is 6.54 Å². The Labute approximate surface area is 123 Å². The first-order valence-corrected chi connectivity index (χ1v) is 6.14. The first-order valence-electron chi connectivity index (χ1n) is 6.14. The number of rotatable bonds is 5. The van der Waals surface area contributed by atoms with E-state index < -0.39 is 28.6 Å². The van der Waals surface area contributed by atoms with Crippen LogP contribution in [0.2, 0.25) is 0 Å². The second kappa shape index (κ2) is 6.17. The Balaban J connectivity index is 2.29. The summed E-state index contributed by atoms with van der Waals surface area (Å²) >= 11 is 0. The fourth-order valence-electron chi connectivity index (χ4n) is 1.84. The number of aromatic nitrogens is 1. The molecule has 22 heavy (non-hydrogen) atoms. The first kappa shape index (κ1) is 15.4. The summed E-state index contributed by atoms with van der Waals surface area (Å²) in [6.45, 7) is -0.424. The summed E-state index contributed by atoms with van der Waals surface area (Å²) < 4.78 is 19.2. The molecule has 0 bridgehead atoms. The summed E-state index contributed by atoms with van der Waals surface area (Å²) in [6.07, 6.45) is 0.972. The Kier molecular flexibility index (Phi) is 4.31. The minimum atomic E-state index is -0.709. The zero-order chi connectivity index (χ0) is 16.3. The Morgan fingerprint density at radius 1 is 1.36 bits per heavy atom. The number of carbonyl (C=O) groups excluding carboxylic acids is 1. The summed E-state index contributed by atoms with van der Waals surface area (Å²) in [5, 5.41) is 10.7. The molecule has 0 N–H and O–H groups in total. The topological polar surface area (TPSA) is 91.4 Å². The lowest BCUT2D eigenvalue weighted by atomic mass is 10.1. The van der Waals surface area contributed by atoms with Crippen LogP contribution in [-0.4, -0.2) is 22.4 Å². The Morgan fingerprint density at radius 2 is 2.09 bits per heavy atom. The third-order valence-corrected chi connectivity index (χ3v) is 2.97. The van der Waals surface area contributed by atoms with Crippen LogP contribution in [0.1, 0.15) is 10.4 Å². The van der Waals surface area contributed by atoms with E-state index in [1.165, 1.54) is 19.2 Å². The van der Waals surface area contributed by atoms with E-state index in [-0.39, 0.29) is 17.0 Å². The number of ketones is 1. The standard InChI is InChI=1S/C14H11FN2O5/c1-22-13-4-2-9(6-11(13)15)12(18)8-16-7-10(17(20)21)3-5-14(16)19/h2-7H,8H2,1H3. The number of benzene rings is 1. The maximum atomic E-state index is 13.6. The predicted molar refractivity (Wildman–Crippen MR) is 74.6 cm³/mol. The molecule has 2 aromatic rings. The molecule has 114 valence electrons. The maximum absolute atomic E-state index is 13.6. The minimum absolute atomic E-state index is 0.0101. The number of halogens is 1. The van der Waals surface area contributed by atoms with Crippen LogP contribution in [0, 0.1) is 15.9 Å². The van der Waals surface area contributed by atoms with Crippen LogP contribution in [-0.2, 0) is 6.54 Å². The lowest BCUT2D eigenvalue weighted by molar-refractivity contribution is -0.385. The van der Waals surface area contributed by atoms with Crippen molar-refractivity contribution in [3.63, 3.8) is 0 Å². The number of pyridine rings is 1. The van der Waals surface area contributed by atoms with Gasteiger partial charge in [0.05, 0.1) is 24.8 Å². The largest absolute Gasteiger partial charge is 0.494 e. The van der Waals surface area contributed by atoms with Gasteiger partial charge in [0, 0.05) is 17.7 Å².